The zero-order valence-electron chi connectivity index (χ0n) is 23.9. The number of sulfone groups is 1. The van der Waals surface area contributed by atoms with Crippen LogP contribution in [0.2, 0.25) is 0 Å². The van der Waals surface area contributed by atoms with Crippen molar-refractivity contribution in [3.8, 4) is 17.1 Å². The summed E-state index contributed by atoms with van der Waals surface area (Å²) >= 11 is 1.74. The highest BCUT2D eigenvalue weighted by molar-refractivity contribution is 7.89. The van der Waals surface area contributed by atoms with Crippen molar-refractivity contribution >= 4 is 37.3 Å². The van der Waals surface area contributed by atoms with Gasteiger partial charge in [-0.3, -0.25) is 4.90 Å². The van der Waals surface area contributed by atoms with Gasteiger partial charge in [0.05, 0.1) is 28.8 Å². The number of aryl methyl sites for hydroxylation is 1. The Hall–Kier alpha value is -2.34. The number of nitrogens with zero attached hydrogens (tertiary/aromatic N) is 6. The van der Waals surface area contributed by atoms with Gasteiger partial charge in [-0.05, 0) is 77.7 Å². The molecule has 216 valence electrons. The standard InChI is InChI=1S/C29H40N6O3S2/c1-20-24(18-33-14-8-23(9-15-33)34-12-7-13-34)26-27(39-20)25(31-29(32-26)35-10-5-4-6-11-35)21-16-22(19-40(3,36)37)28(38-2)30-17-21/h16-17,23H,4-15,18-19H2,1-3H3. The van der Waals surface area contributed by atoms with Crippen molar-refractivity contribution in [1.82, 2.24) is 24.8 Å². The third-order valence-corrected chi connectivity index (χ3v) is 10.6. The van der Waals surface area contributed by atoms with E-state index in [-0.39, 0.29) is 5.75 Å². The van der Waals surface area contributed by atoms with Crippen LogP contribution in [0.1, 0.15) is 54.5 Å². The fourth-order valence-electron chi connectivity index (χ4n) is 6.31. The molecule has 0 saturated carbocycles. The molecule has 0 aromatic carbocycles. The van der Waals surface area contributed by atoms with Crippen LogP contribution in [-0.2, 0) is 22.1 Å². The van der Waals surface area contributed by atoms with Gasteiger partial charge in [0.1, 0.15) is 0 Å². The highest BCUT2D eigenvalue weighted by Crippen LogP contribution is 2.39. The molecule has 3 fully saturated rings. The molecule has 3 aliphatic rings. The van der Waals surface area contributed by atoms with Crippen molar-refractivity contribution in [2.45, 2.75) is 63.8 Å². The zero-order valence-corrected chi connectivity index (χ0v) is 25.5. The summed E-state index contributed by atoms with van der Waals surface area (Å²) in [5, 5.41) is 0. The van der Waals surface area contributed by atoms with Gasteiger partial charge in [0.25, 0.3) is 0 Å². The van der Waals surface area contributed by atoms with Gasteiger partial charge < -0.3 is 14.5 Å². The Bertz CT molecular complexity index is 1470. The van der Waals surface area contributed by atoms with Gasteiger partial charge in [0.15, 0.2) is 9.84 Å². The maximum Gasteiger partial charge on any atom is 0.226 e. The third kappa shape index (κ3) is 5.84. The van der Waals surface area contributed by atoms with Gasteiger partial charge in [-0.25, -0.2) is 23.4 Å². The maximum absolute atomic E-state index is 12.2. The number of likely N-dealkylation sites (tertiary alicyclic amines) is 2. The molecule has 3 aliphatic heterocycles. The molecule has 0 bridgehead atoms. The Balaban J connectivity index is 1.39. The van der Waals surface area contributed by atoms with Crippen molar-refractivity contribution in [1.29, 1.82) is 0 Å². The van der Waals surface area contributed by atoms with Crippen LogP contribution in [-0.4, -0.2) is 91.8 Å². The number of rotatable bonds is 8. The number of anilines is 1. The monoisotopic (exact) mass is 584 g/mol. The highest BCUT2D eigenvalue weighted by atomic mass is 32.2. The lowest BCUT2D eigenvalue weighted by Gasteiger charge is -2.43. The number of hydrogen-bond donors (Lipinski definition) is 0. The predicted octanol–water partition coefficient (Wildman–Crippen LogP) is 4.28. The van der Waals surface area contributed by atoms with Gasteiger partial charge in [-0.1, -0.05) is 0 Å². The van der Waals surface area contributed by atoms with Crippen molar-refractivity contribution in [3.05, 3.63) is 28.3 Å². The van der Waals surface area contributed by atoms with Crippen LogP contribution in [0, 0.1) is 6.92 Å². The molecule has 0 unspecified atom stereocenters. The molecule has 11 heteroatoms. The predicted molar refractivity (Wildman–Crippen MR) is 161 cm³/mol. The number of fused-ring (bicyclic) bond motifs is 1. The summed E-state index contributed by atoms with van der Waals surface area (Å²) in [4.78, 5) is 23.6. The molecule has 0 spiro atoms. The molecule has 3 aromatic heterocycles. The minimum atomic E-state index is -3.27. The van der Waals surface area contributed by atoms with E-state index in [0.717, 1.165) is 79.0 Å². The molecule has 6 heterocycles. The minimum Gasteiger partial charge on any atom is -0.481 e. The lowest BCUT2D eigenvalue weighted by molar-refractivity contribution is 0.0613. The van der Waals surface area contributed by atoms with Crippen LogP contribution in [0.25, 0.3) is 21.5 Å². The maximum atomic E-state index is 12.2. The third-order valence-electron chi connectivity index (χ3n) is 8.61. The van der Waals surface area contributed by atoms with Gasteiger partial charge in [-0.2, -0.15) is 0 Å². The van der Waals surface area contributed by atoms with Gasteiger partial charge in [0, 0.05) is 59.7 Å². The highest BCUT2D eigenvalue weighted by Gasteiger charge is 2.29. The van der Waals surface area contributed by atoms with Crippen LogP contribution in [0.15, 0.2) is 12.3 Å². The first-order valence-electron chi connectivity index (χ1n) is 14.5. The van der Waals surface area contributed by atoms with Gasteiger partial charge in [0.2, 0.25) is 11.8 Å². The van der Waals surface area contributed by atoms with E-state index in [2.05, 4.69) is 26.6 Å². The average Bonchev–Trinajstić information content (AvgIpc) is 3.22. The summed E-state index contributed by atoms with van der Waals surface area (Å²) in [6, 6.07) is 2.62. The zero-order chi connectivity index (χ0) is 27.9. The van der Waals surface area contributed by atoms with Gasteiger partial charge in [-0.15, -0.1) is 11.3 Å². The van der Waals surface area contributed by atoms with Crippen LogP contribution in [0.4, 0.5) is 5.95 Å². The van der Waals surface area contributed by atoms with Crippen molar-refractivity contribution in [2.24, 2.45) is 0 Å². The van der Waals surface area contributed by atoms with Gasteiger partial charge >= 0.3 is 0 Å². The lowest BCUT2D eigenvalue weighted by atomic mass is 9.99. The molecule has 0 atom stereocenters. The van der Waals surface area contributed by atoms with Crippen LogP contribution in [0.3, 0.4) is 0 Å². The molecule has 0 N–H and O–H groups in total. The summed E-state index contributed by atoms with van der Waals surface area (Å²) in [6.07, 6.45) is 10.3. The lowest BCUT2D eigenvalue weighted by Crippen LogP contribution is -2.50. The minimum absolute atomic E-state index is 0.133. The number of aromatic nitrogens is 3. The molecule has 40 heavy (non-hydrogen) atoms. The second kappa shape index (κ2) is 11.5. The van der Waals surface area contributed by atoms with Crippen LogP contribution >= 0.6 is 11.3 Å². The first-order valence-corrected chi connectivity index (χ1v) is 17.4. The fraction of sp³-hybridized carbons (Fsp3) is 0.621. The van der Waals surface area contributed by atoms with E-state index in [9.17, 15) is 8.42 Å². The Kier molecular flexibility index (Phi) is 8.00. The van der Waals surface area contributed by atoms with Crippen LogP contribution < -0.4 is 9.64 Å². The van der Waals surface area contributed by atoms with E-state index in [1.807, 2.05) is 6.07 Å². The SMILES string of the molecule is COc1ncc(-c2nc(N3CCCCC3)nc3c(CN4CCC(N5CCC5)CC4)c(C)sc23)cc1CS(C)(=O)=O. The second-order valence-corrected chi connectivity index (χ2v) is 15.0. The quantitative estimate of drug-likeness (QED) is 0.385. The molecular weight excluding hydrogens is 544 g/mol. The number of thiophene rings is 1. The molecule has 9 nitrogen and oxygen atoms in total. The molecule has 6 rings (SSSR count). The Morgan fingerprint density at radius 2 is 1.77 bits per heavy atom. The number of ether oxygens (including phenoxy) is 1. The molecule has 0 radical (unpaired) electrons. The normalized spacial score (nSPS) is 19.7. The molecule has 3 saturated heterocycles. The van der Waals surface area contributed by atoms with Crippen molar-refractivity contribution < 1.29 is 13.2 Å². The molecule has 0 amide bonds. The molecular formula is C29H40N6O3S2. The summed E-state index contributed by atoms with van der Waals surface area (Å²) in [5.41, 5.74) is 4.49. The Labute approximate surface area is 241 Å². The van der Waals surface area contributed by atoms with E-state index in [4.69, 9.17) is 14.7 Å². The number of piperidine rings is 2. The fourth-order valence-corrected chi connectivity index (χ4v) is 8.20. The molecule has 3 aromatic rings. The van der Waals surface area contributed by atoms with Crippen molar-refractivity contribution in [2.75, 3.05) is 57.5 Å². The number of methoxy groups -OCH3 is 1. The second-order valence-electron chi connectivity index (χ2n) is 11.6. The van der Waals surface area contributed by atoms with E-state index in [0.29, 0.717) is 11.4 Å². The number of pyridine rings is 1. The van der Waals surface area contributed by atoms with Crippen molar-refractivity contribution in [3.63, 3.8) is 0 Å². The van der Waals surface area contributed by atoms with E-state index < -0.39 is 9.84 Å². The summed E-state index contributed by atoms with van der Waals surface area (Å²) in [7, 11) is -1.75. The molecule has 0 aliphatic carbocycles. The smallest absolute Gasteiger partial charge is 0.226 e. The summed E-state index contributed by atoms with van der Waals surface area (Å²) in [5.74, 6) is 0.963. The summed E-state index contributed by atoms with van der Waals surface area (Å²) in [6.45, 7) is 9.77. The van der Waals surface area contributed by atoms with Crippen LogP contribution in [0.5, 0.6) is 5.88 Å². The largest absolute Gasteiger partial charge is 0.481 e. The summed E-state index contributed by atoms with van der Waals surface area (Å²) < 4.78 is 30.8. The average molecular weight is 585 g/mol. The Morgan fingerprint density at radius 1 is 1.02 bits per heavy atom. The van der Waals surface area contributed by atoms with E-state index >= 15 is 0 Å². The van der Waals surface area contributed by atoms with E-state index in [1.165, 1.54) is 62.6 Å². The Morgan fingerprint density at radius 3 is 2.42 bits per heavy atom. The first-order chi connectivity index (χ1) is 19.3. The number of hydrogen-bond acceptors (Lipinski definition) is 10. The topological polar surface area (TPSA) is 91.8 Å². The van der Waals surface area contributed by atoms with E-state index in [1.54, 1.807) is 17.5 Å². The first kappa shape index (κ1) is 27.8.